The SMILES string of the molecule is OC(c1ccccc1)c1ccc(CCCNc2ccccc2)o1. The summed E-state index contributed by atoms with van der Waals surface area (Å²) in [5.74, 6) is 1.51. The van der Waals surface area contributed by atoms with Crippen molar-refractivity contribution >= 4 is 5.69 Å². The Bertz CT molecular complexity index is 707. The van der Waals surface area contributed by atoms with Crippen LogP contribution in [-0.4, -0.2) is 11.7 Å². The highest BCUT2D eigenvalue weighted by Crippen LogP contribution is 2.24. The van der Waals surface area contributed by atoms with E-state index in [1.54, 1.807) is 0 Å². The maximum atomic E-state index is 10.3. The molecule has 0 aliphatic carbocycles. The number of rotatable bonds is 7. The topological polar surface area (TPSA) is 45.4 Å². The van der Waals surface area contributed by atoms with Crippen LogP contribution in [0.3, 0.4) is 0 Å². The van der Waals surface area contributed by atoms with Crippen LogP contribution in [0.15, 0.2) is 77.2 Å². The van der Waals surface area contributed by atoms with Crippen LogP contribution >= 0.6 is 0 Å². The first-order chi connectivity index (χ1) is 11.3. The molecule has 3 aromatic rings. The van der Waals surface area contributed by atoms with Crippen molar-refractivity contribution in [1.82, 2.24) is 0 Å². The van der Waals surface area contributed by atoms with Gasteiger partial charge in [-0.15, -0.1) is 0 Å². The molecule has 118 valence electrons. The highest BCUT2D eigenvalue weighted by atomic mass is 16.4. The number of para-hydroxylation sites is 1. The molecule has 0 aliphatic rings. The second-order valence-corrected chi connectivity index (χ2v) is 5.51. The second kappa shape index (κ2) is 7.65. The summed E-state index contributed by atoms with van der Waals surface area (Å²) in [6.45, 7) is 0.890. The van der Waals surface area contributed by atoms with Gasteiger partial charge in [-0.2, -0.15) is 0 Å². The first kappa shape index (κ1) is 15.4. The van der Waals surface area contributed by atoms with Crippen molar-refractivity contribution in [3.05, 3.63) is 89.9 Å². The van der Waals surface area contributed by atoms with Gasteiger partial charge in [-0.25, -0.2) is 0 Å². The molecule has 0 bridgehead atoms. The zero-order valence-electron chi connectivity index (χ0n) is 13.0. The van der Waals surface area contributed by atoms with Crippen molar-refractivity contribution in [1.29, 1.82) is 0 Å². The molecule has 1 atom stereocenters. The molecule has 3 heteroatoms. The largest absolute Gasteiger partial charge is 0.463 e. The van der Waals surface area contributed by atoms with Gasteiger partial charge in [0.25, 0.3) is 0 Å². The van der Waals surface area contributed by atoms with E-state index in [4.69, 9.17) is 4.42 Å². The van der Waals surface area contributed by atoms with Gasteiger partial charge < -0.3 is 14.8 Å². The predicted molar refractivity (Wildman–Crippen MR) is 92.5 cm³/mol. The number of aliphatic hydroxyl groups is 1. The van der Waals surface area contributed by atoms with Crippen molar-refractivity contribution in [2.75, 3.05) is 11.9 Å². The molecule has 0 saturated carbocycles. The number of benzene rings is 2. The van der Waals surface area contributed by atoms with Crippen LogP contribution in [-0.2, 0) is 6.42 Å². The van der Waals surface area contributed by atoms with Crippen molar-refractivity contribution < 1.29 is 9.52 Å². The molecule has 3 rings (SSSR count). The number of aryl methyl sites for hydroxylation is 1. The normalized spacial score (nSPS) is 12.0. The fraction of sp³-hybridized carbons (Fsp3) is 0.200. The molecule has 0 aliphatic heterocycles. The third-order valence-electron chi connectivity index (χ3n) is 3.77. The number of aliphatic hydroxyl groups excluding tert-OH is 1. The lowest BCUT2D eigenvalue weighted by atomic mass is 10.1. The van der Waals surface area contributed by atoms with Gasteiger partial charge >= 0.3 is 0 Å². The minimum atomic E-state index is -0.701. The Morgan fingerprint density at radius 1 is 0.870 bits per heavy atom. The fourth-order valence-electron chi connectivity index (χ4n) is 2.53. The van der Waals surface area contributed by atoms with Crippen LogP contribution in [0.4, 0.5) is 5.69 Å². The summed E-state index contributed by atoms with van der Waals surface area (Å²) in [6, 6.07) is 23.5. The molecule has 2 N–H and O–H groups in total. The van der Waals surface area contributed by atoms with Crippen molar-refractivity contribution in [3.63, 3.8) is 0 Å². The second-order valence-electron chi connectivity index (χ2n) is 5.51. The Hall–Kier alpha value is -2.52. The molecule has 0 radical (unpaired) electrons. The first-order valence-corrected chi connectivity index (χ1v) is 7.93. The summed E-state index contributed by atoms with van der Waals surface area (Å²) in [5, 5.41) is 13.7. The summed E-state index contributed by atoms with van der Waals surface area (Å²) in [6.07, 6.45) is 1.12. The fourth-order valence-corrected chi connectivity index (χ4v) is 2.53. The average Bonchev–Trinajstić information content (AvgIpc) is 3.09. The maximum absolute atomic E-state index is 10.3. The van der Waals surface area contributed by atoms with E-state index >= 15 is 0 Å². The molecule has 1 heterocycles. The van der Waals surface area contributed by atoms with E-state index in [0.29, 0.717) is 5.76 Å². The van der Waals surface area contributed by atoms with Crippen LogP contribution in [0, 0.1) is 0 Å². The molecule has 0 spiro atoms. The molecule has 0 saturated heterocycles. The molecule has 1 aromatic heterocycles. The quantitative estimate of drug-likeness (QED) is 0.636. The molecule has 0 fully saturated rings. The summed E-state index contributed by atoms with van der Waals surface area (Å²) < 4.78 is 5.77. The third-order valence-corrected chi connectivity index (χ3v) is 3.77. The van der Waals surface area contributed by atoms with Crippen molar-refractivity contribution in [2.24, 2.45) is 0 Å². The average molecular weight is 307 g/mol. The van der Waals surface area contributed by atoms with E-state index in [1.165, 1.54) is 0 Å². The smallest absolute Gasteiger partial charge is 0.137 e. The Morgan fingerprint density at radius 3 is 2.30 bits per heavy atom. The lowest BCUT2D eigenvalue weighted by molar-refractivity contribution is 0.186. The lowest BCUT2D eigenvalue weighted by Crippen LogP contribution is -2.02. The lowest BCUT2D eigenvalue weighted by Gasteiger charge is -2.08. The van der Waals surface area contributed by atoms with Crippen LogP contribution < -0.4 is 5.32 Å². The van der Waals surface area contributed by atoms with Gasteiger partial charge in [0.2, 0.25) is 0 Å². The van der Waals surface area contributed by atoms with E-state index in [-0.39, 0.29) is 0 Å². The van der Waals surface area contributed by atoms with Crippen LogP contribution in [0.2, 0.25) is 0 Å². The summed E-state index contributed by atoms with van der Waals surface area (Å²) in [4.78, 5) is 0. The molecule has 3 nitrogen and oxygen atoms in total. The summed E-state index contributed by atoms with van der Waals surface area (Å²) in [7, 11) is 0. The predicted octanol–water partition coefficient (Wildman–Crippen LogP) is 4.41. The van der Waals surface area contributed by atoms with Gasteiger partial charge in [-0.3, -0.25) is 0 Å². The molecule has 2 aromatic carbocycles. The van der Waals surface area contributed by atoms with Crippen molar-refractivity contribution in [2.45, 2.75) is 18.9 Å². The van der Waals surface area contributed by atoms with Gasteiger partial charge in [0.05, 0.1) is 0 Å². The number of hydrogen-bond acceptors (Lipinski definition) is 3. The number of anilines is 1. The Labute approximate surface area is 136 Å². The van der Waals surface area contributed by atoms with E-state index in [2.05, 4.69) is 17.4 Å². The van der Waals surface area contributed by atoms with Gasteiger partial charge in [0.1, 0.15) is 17.6 Å². The molecule has 23 heavy (non-hydrogen) atoms. The highest BCUT2D eigenvalue weighted by molar-refractivity contribution is 5.42. The van der Waals surface area contributed by atoms with E-state index in [9.17, 15) is 5.11 Å². The first-order valence-electron chi connectivity index (χ1n) is 7.93. The summed E-state index contributed by atoms with van der Waals surface area (Å²) in [5.41, 5.74) is 1.98. The van der Waals surface area contributed by atoms with Crippen LogP contribution in [0.5, 0.6) is 0 Å². The zero-order valence-corrected chi connectivity index (χ0v) is 13.0. The summed E-state index contributed by atoms with van der Waals surface area (Å²) >= 11 is 0. The van der Waals surface area contributed by atoms with Crippen LogP contribution in [0.1, 0.15) is 29.6 Å². The zero-order chi connectivity index (χ0) is 15.9. The minimum Gasteiger partial charge on any atom is -0.463 e. The van der Waals surface area contributed by atoms with Crippen LogP contribution in [0.25, 0.3) is 0 Å². The van der Waals surface area contributed by atoms with E-state index in [1.807, 2.05) is 60.7 Å². The van der Waals surface area contributed by atoms with Gasteiger partial charge in [0, 0.05) is 18.7 Å². The Kier molecular flexibility index (Phi) is 5.12. The van der Waals surface area contributed by atoms with Crippen molar-refractivity contribution in [3.8, 4) is 0 Å². The molecule has 0 amide bonds. The standard InChI is InChI=1S/C20H21NO2/c22-20(16-8-3-1-4-9-16)19-14-13-18(23-19)12-7-15-21-17-10-5-2-6-11-17/h1-6,8-11,13-14,20-22H,7,12,15H2. The number of furan rings is 1. The maximum Gasteiger partial charge on any atom is 0.137 e. The van der Waals surface area contributed by atoms with Gasteiger partial charge in [-0.05, 0) is 36.2 Å². The van der Waals surface area contributed by atoms with E-state index < -0.39 is 6.10 Å². The Morgan fingerprint density at radius 2 is 1.57 bits per heavy atom. The molecular formula is C20H21NO2. The third kappa shape index (κ3) is 4.24. The Balaban J connectivity index is 1.49. The highest BCUT2D eigenvalue weighted by Gasteiger charge is 2.14. The number of nitrogens with one attached hydrogen (secondary N) is 1. The van der Waals surface area contributed by atoms with E-state index in [0.717, 1.165) is 36.4 Å². The molecular weight excluding hydrogens is 286 g/mol. The number of hydrogen-bond donors (Lipinski definition) is 2. The van der Waals surface area contributed by atoms with Gasteiger partial charge in [0.15, 0.2) is 0 Å². The minimum absolute atomic E-state index is 0.599. The molecule has 1 unspecified atom stereocenters. The monoisotopic (exact) mass is 307 g/mol. The van der Waals surface area contributed by atoms with Gasteiger partial charge in [-0.1, -0.05) is 48.5 Å².